The van der Waals surface area contributed by atoms with Gasteiger partial charge in [-0.15, -0.1) is 21.5 Å². The lowest BCUT2D eigenvalue weighted by Gasteiger charge is -2.06. The van der Waals surface area contributed by atoms with Crippen LogP contribution in [0.25, 0.3) is 5.65 Å². The molecule has 3 aromatic rings. The van der Waals surface area contributed by atoms with Crippen LogP contribution in [0.3, 0.4) is 0 Å². The van der Waals surface area contributed by atoms with Crippen molar-refractivity contribution in [2.45, 2.75) is 6.04 Å². The quantitative estimate of drug-likeness (QED) is 0.720. The lowest BCUT2D eigenvalue weighted by molar-refractivity contribution is 0.773. The molecule has 6 heteroatoms. The third-order valence-electron chi connectivity index (χ3n) is 2.37. The summed E-state index contributed by atoms with van der Waals surface area (Å²) in [4.78, 5) is 5.11. The Morgan fingerprint density at radius 1 is 1.31 bits per heavy atom. The van der Waals surface area contributed by atoms with E-state index < -0.39 is 0 Å². The van der Waals surface area contributed by atoms with Gasteiger partial charge in [-0.3, -0.25) is 4.40 Å². The summed E-state index contributed by atoms with van der Waals surface area (Å²) >= 11 is 1.61. The normalized spacial score (nSPS) is 13.1. The maximum absolute atomic E-state index is 6.13. The van der Waals surface area contributed by atoms with E-state index in [4.69, 9.17) is 5.73 Å². The zero-order valence-corrected chi connectivity index (χ0v) is 9.13. The van der Waals surface area contributed by atoms with Gasteiger partial charge in [0, 0.05) is 17.1 Å². The Morgan fingerprint density at radius 2 is 2.25 bits per heavy atom. The topological polar surface area (TPSA) is 69.1 Å². The van der Waals surface area contributed by atoms with Crippen LogP contribution in [0.2, 0.25) is 0 Å². The van der Waals surface area contributed by atoms with Crippen molar-refractivity contribution in [1.29, 1.82) is 0 Å². The maximum atomic E-state index is 6.13. The van der Waals surface area contributed by atoms with Crippen molar-refractivity contribution in [1.82, 2.24) is 19.6 Å². The molecule has 16 heavy (non-hydrogen) atoms. The van der Waals surface area contributed by atoms with Crippen LogP contribution < -0.4 is 5.73 Å². The van der Waals surface area contributed by atoms with Crippen molar-refractivity contribution in [2.24, 2.45) is 5.73 Å². The molecule has 0 aliphatic carbocycles. The van der Waals surface area contributed by atoms with Gasteiger partial charge in [0.05, 0.1) is 0 Å². The highest BCUT2D eigenvalue weighted by Gasteiger charge is 2.16. The molecule has 0 spiro atoms. The maximum Gasteiger partial charge on any atom is 0.163 e. The Bertz CT molecular complexity index is 600. The molecule has 0 amide bonds. The van der Waals surface area contributed by atoms with Crippen molar-refractivity contribution < 1.29 is 0 Å². The van der Waals surface area contributed by atoms with Crippen molar-refractivity contribution in [3.05, 3.63) is 46.8 Å². The molecule has 3 aromatic heterocycles. The van der Waals surface area contributed by atoms with Crippen molar-refractivity contribution >= 4 is 17.0 Å². The minimum Gasteiger partial charge on any atom is -0.317 e. The molecule has 0 aliphatic rings. The molecule has 0 saturated heterocycles. The number of nitrogens with two attached hydrogens (primary N) is 1. The molecule has 0 bridgehead atoms. The van der Waals surface area contributed by atoms with Crippen LogP contribution in [-0.4, -0.2) is 19.6 Å². The van der Waals surface area contributed by atoms with Gasteiger partial charge in [0.25, 0.3) is 0 Å². The number of aromatic nitrogens is 4. The Balaban J connectivity index is 2.12. The molecule has 0 aromatic carbocycles. The second-order valence-corrected chi connectivity index (χ2v) is 4.34. The Labute approximate surface area is 95.6 Å². The Kier molecular flexibility index (Phi) is 2.16. The first-order valence-electron chi connectivity index (χ1n) is 4.80. The summed E-state index contributed by atoms with van der Waals surface area (Å²) in [7, 11) is 0. The van der Waals surface area contributed by atoms with Gasteiger partial charge in [-0.25, -0.2) is 4.98 Å². The number of hydrogen-bond acceptors (Lipinski definition) is 5. The molecule has 80 valence electrons. The largest absolute Gasteiger partial charge is 0.317 e. The summed E-state index contributed by atoms with van der Waals surface area (Å²) in [5, 5.41) is 10.1. The summed E-state index contributed by atoms with van der Waals surface area (Å²) in [5.74, 6) is 0.713. The average Bonchev–Trinajstić information content (AvgIpc) is 2.98. The third-order valence-corrected chi connectivity index (χ3v) is 3.32. The highest BCUT2D eigenvalue weighted by Crippen LogP contribution is 2.22. The summed E-state index contributed by atoms with van der Waals surface area (Å²) in [6.45, 7) is 0. The van der Waals surface area contributed by atoms with E-state index in [1.54, 1.807) is 29.9 Å². The predicted molar refractivity (Wildman–Crippen MR) is 61.1 cm³/mol. The van der Waals surface area contributed by atoms with Crippen LogP contribution in [0.15, 0.2) is 36.1 Å². The Morgan fingerprint density at radius 3 is 3.06 bits per heavy atom. The fraction of sp³-hybridized carbons (Fsp3) is 0.100. The molecule has 1 unspecified atom stereocenters. The first-order chi connectivity index (χ1) is 7.86. The van der Waals surface area contributed by atoms with Gasteiger partial charge >= 0.3 is 0 Å². The second-order valence-electron chi connectivity index (χ2n) is 3.36. The first-order valence-corrected chi connectivity index (χ1v) is 5.68. The molecule has 3 rings (SSSR count). The fourth-order valence-corrected chi connectivity index (χ4v) is 2.29. The average molecular weight is 231 g/mol. The molecule has 1 atom stereocenters. The van der Waals surface area contributed by atoms with E-state index in [1.165, 1.54) is 0 Å². The van der Waals surface area contributed by atoms with Gasteiger partial charge in [-0.1, -0.05) is 6.07 Å². The highest BCUT2D eigenvalue weighted by atomic mass is 32.1. The Hall–Kier alpha value is -1.79. The number of nitrogens with zero attached hydrogens (tertiary/aromatic N) is 4. The van der Waals surface area contributed by atoms with Gasteiger partial charge in [0.2, 0.25) is 0 Å². The van der Waals surface area contributed by atoms with Crippen LogP contribution in [-0.2, 0) is 0 Å². The summed E-state index contributed by atoms with van der Waals surface area (Å²) < 4.78 is 1.81. The van der Waals surface area contributed by atoms with E-state index in [0.717, 1.165) is 10.5 Å². The SMILES string of the molecule is NC(c1cccs1)c1nnc2ccncn12. The molecule has 0 saturated carbocycles. The van der Waals surface area contributed by atoms with Crippen molar-refractivity contribution in [2.75, 3.05) is 0 Å². The van der Waals surface area contributed by atoms with Gasteiger partial charge < -0.3 is 5.73 Å². The first kappa shape index (κ1) is 9.44. The molecule has 3 heterocycles. The monoisotopic (exact) mass is 231 g/mol. The summed E-state index contributed by atoms with van der Waals surface area (Å²) in [6.07, 6.45) is 3.36. The molecule has 0 aliphatic heterocycles. The van der Waals surface area contributed by atoms with E-state index in [9.17, 15) is 0 Å². The fourth-order valence-electron chi connectivity index (χ4n) is 1.57. The third kappa shape index (κ3) is 1.39. The van der Waals surface area contributed by atoms with Crippen LogP contribution in [0.1, 0.15) is 16.7 Å². The molecular formula is C10H9N5S. The van der Waals surface area contributed by atoms with Gasteiger partial charge in [-0.05, 0) is 11.4 Å². The highest BCUT2D eigenvalue weighted by molar-refractivity contribution is 7.10. The van der Waals surface area contributed by atoms with Crippen LogP contribution >= 0.6 is 11.3 Å². The second kappa shape index (κ2) is 3.66. The van der Waals surface area contributed by atoms with Gasteiger partial charge in [0.1, 0.15) is 12.4 Å². The van der Waals surface area contributed by atoms with Gasteiger partial charge in [0.15, 0.2) is 11.5 Å². The number of fused-ring (bicyclic) bond motifs is 1. The molecule has 2 N–H and O–H groups in total. The number of thiophene rings is 1. The van der Waals surface area contributed by atoms with E-state index in [0.29, 0.717) is 5.82 Å². The van der Waals surface area contributed by atoms with E-state index >= 15 is 0 Å². The lowest BCUT2D eigenvalue weighted by atomic mass is 10.2. The van der Waals surface area contributed by atoms with Crippen LogP contribution in [0.5, 0.6) is 0 Å². The standard InChI is InChI=1S/C10H9N5S/c11-9(7-2-1-5-16-7)10-14-13-8-3-4-12-6-15(8)10/h1-6,9H,11H2. The number of hydrogen-bond donors (Lipinski definition) is 1. The summed E-state index contributed by atoms with van der Waals surface area (Å²) in [5.41, 5.74) is 6.89. The van der Waals surface area contributed by atoms with Crippen molar-refractivity contribution in [3.63, 3.8) is 0 Å². The van der Waals surface area contributed by atoms with E-state index in [2.05, 4.69) is 15.2 Å². The zero-order chi connectivity index (χ0) is 11.0. The minimum absolute atomic E-state index is 0.251. The van der Waals surface area contributed by atoms with Crippen LogP contribution in [0.4, 0.5) is 0 Å². The summed E-state index contributed by atoms with van der Waals surface area (Å²) in [6, 6.07) is 5.52. The van der Waals surface area contributed by atoms with Gasteiger partial charge in [-0.2, -0.15) is 0 Å². The molecule has 5 nitrogen and oxygen atoms in total. The van der Waals surface area contributed by atoms with Crippen molar-refractivity contribution in [3.8, 4) is 0 Å². The van der Waals surface area contributed by atoms with Crippen LogP contribution in [0, 0.1) is 0 Å². The molecule has 0 fully saturated rings. The smallest absolute Gasteiger partial charge is 0.163 e. The molecule has 0 radical (unpaired) electrons. The zero-order valence-electron chi connectivity index (χ0n) is 8.32. The predicted octanol–water partition coefficient (Wildman–Crippen LogP) is 1.23. The minimum atomic E-state index is -0.251. The van der Waals surface area contributed by atoms with E-state index in [-0.39, 0.29) is 6.04 Å². The lowest BCUT2D eigenvalue weighted by Crippen LogP contribution is -2.14. The van der Waals surface area contributed by atoms with E-state index in [1.807, 2.05) is 21.9 Å². The number of rotatable bonds is 2. The molecular weight excluding hydrogens is 222 g/mol.